The second-order valence-corrected chi connectivity index (χ2v) is 7.46. The van der Waals surface area contributed by atoms with E-state index < -0.39 is 5.60 Å². The number of likely N-dealkylation sites (tertiary alicyclic amines) is 1. The monoisotopic (exact) mass is 330 g/mol. The highest BCUT2D eigenvalue weighted by Gasteiger charge is 2.31. The van der Waals surface area contributed by atoms with Gasteiger partial charge in [-0.05, 0) is 53.4 Å². The van der Waals surface area contributed by atoms with Gasteiger partial charge in [0.15, 0.2) is 0 Å². The van der Waals surface area contributed by atoms with Crippen molar-refractivity contribution < 1.29 is 19.4 Å². The number of aliphatic hydroxyl groups is 1. The van der Waals surface area contributed by atoms with Crippen LogP contribution < -0.4 is 5.32 Å². The summed E-state index contributed by atoms with van der Waals surface area (Å²) >= 11 is 0. The average molecular weight is 330 g/mol. The number of amides is 1. The van der Waals surface area contributed by atoms with Gasteiger partial charge >= 0.3 is 6.09 Å². The van der Waals surface area contributed by atoms with Crippen LogP contribution in [0.5, 0.6) is 0 Å². The summed E-state index contributed by atoms with van der Waals surface area (Å²) in [6.45, 7) is 9.04. The minimum absolute atomic E-state index is 0.0403. The summed E-state index contributed by atoms with van der Waals surface area (Å²) in [6, 6.07) is 0.298. The van der Waals surface area contributed by atoms with E-state index in [0.29, 0.717) is 6.61 Å². The van der Waals surface area contributed by atoms with Gasteiger partial charge in [0.1, 0.15) is 5.60 Å². The summed E-state index contributed by atoms with van der Waals surface area (Å²) in [7, 11) is 1.63. The van der Waals surface area contributed by atoms with Crippen LogP contribution in [-0.2, 0) is 9.47 Å². The second-order valence-electron chi connectivity index (χ2n) is 7.46. The molecule has 3 unspecified atom stereocenters. The Bertz CT molecular complexity index is 357. The Balaban J connectivity index is 2.58. The van der Waals surface area contributed by atoms with Gasteiger partial charge < -0.3 is 24.8 Å². The van der Waals surface area contributed by atoms with Crippen LogP contribution in [0.1, 0.15) is 53.4 Å². The quantitative estimate of drug-likeness (QED) is 0.748. The van der Waals surface area contributed by atoms with Crippen LogP contribution in [0.3, 0.4) is 0 Å². The number of carbonyl (C=O) groups is 1. The Hall–Kier alpha value is -0.850. The zero-order valence-electron chi connectivity index (χ0n) is 15.3. The number of nitrogens with one attached hydrogen (secondary N) is 1. The molecule has 0 aliphatic carbocycles. The topological polar surface area (TPSA) is 71.0 Å². The van der Waals surface area contributed by atoms with E-state index in [1.807, 2.05) is 25.7 Å². The van der Waals surface area contributed by atoms with E-state index in [-0.39, 0.29) is 30.8 Å². The van der Waals surface area contributed by atoms with Gasteiger partial charge in [-0.1, -0.05) is 0 Å². The molecule has 0 saturated carbocycles. The van der Waals surface area contributed by atoms with Gasteiger partial charge in [-0.15, -0.1) is 0 Å². The summed E-state index contributed by atoms with van der Waals surface area (Å²) in [6.07, 6.45) is 3.79. The third-order valence-corrected chi connectivity index (χ3v) is 3.99. The summed E-state index contributed by atoms with van der Waals surface area (Å²) < 4.78 is 10.6. The third-order valence-electron chi connectivity index (χ3n) is 3.99. The molecule has 0 aromatic carbocycles. The van der Waals surface area contributed by atoms with Crippen LogP contribution in [-0.4, -0.2) is 66.7 Å². The van der Waals surface area contributed by atoms with Gasteiger partial charge in [0, 0.05) is 25.7 Å². The molecule has 1 fully saturated rings. The summed E-state index contributed by atoms with van der Waals surface area (Å²) in [5.74, 6) is 0. The first-order valence-corrected chi connectivity index (χ1v) is 8.62. The number of ether oxygens (including phenoxy) is 2. The van der Waals surface area contributed by atoms with Crippen LogP contribution in [0.4, 0.5) is 4.79 Å². The Morgan fingerprint density at radius 3 is 2.65 bits per heavy atom. The van der Waals surface area contributed by atoms with E-state index in [4.69, 9.17) is 9.47 Å². The summed E-state index contributed by atoms with van der Waals surface area (Å²) in [5.41, 5.74) is -0.469. The standard InChI is InChI=1S/C17H34N2O4/c1-13(18-14(11-20)12-22-5)10-15-8-6-7-9-19(15)16(21)23-17(2,3)4/h13-15,18,20H,6-12H2,1-5H3. The molecule has 2 N–H and O–H groups in total. The predicted octanol–water partition coefficient (Wildman–Crippen LogP) is 2.15. The van der Waals surface area contributed by atoms with Gasteiger partial charge in [0.2, 0.25) is 0 Å². The van der Waals surface area contributed by atoms with Crippen molar-refractivity contribution in [1.82, 2.24) is 10.2 Å². The highest BCUT2D eigenvalue weighted by atomic mass is 16.6. The molecule has 3 atom stereocenters. The molecular formula is C17H34N2O4. The van der Waals surface area contributed by atoms with Crippen molar-refractivity contribution in [3.8, 4) is 0 Å². The van der Waals surface area contributed by atoms with Crippen LogP contribution in [0.2, 0.25) is 0 Å². The van der Waals surface area contributed by atoms with Gasteiger partial charge in [-0.25, -0.2) is 4.79 Å². The minimum Gasteiger partial charge on any atom is -0.444 e. The molecule has 6 nitrogen and oxygen atoms in total. The number of carbonyl (C=O) groups excluding carboxylic acids is 1. The van der Waals surface area contributed by atoms with E-state index in [1.165, 1.54) is 0 Å². The maximum Gasteiger partial charge on any atom is 0.410 e. The Morgan fingerprint density at radius 2 is 2.09 bits per heavy atom. The Labute approximate surface area is 140 Å². The normalized spacial score (nSPS) is 21.8. The van der Waals surface area contributed by atoms with Crippen molar-refractivity contribution in [3.05, 3.63) is 0 Å². The van der Waals surface area contributed by atoms with E-state index in [1.54, 1.807) is 7.11 Å². The molecule has 1 heterocycles. The van der Waals surface area contributed by atoms with Crippen LogP contribution in [0.15, 0.2) is 0 Å². The molecule has 1 aliphatic rings. The lowest BCUT2D eigenvalue weighted by Crippen LogP contribution is -2.50. The molecular weight excluding hydrogens is 296 g/mol. The fraction of sp³-hybridized carbons (Fsp3) is 0.941. The molecule has 0 aromatic rings. The highest BCUT2D eigenvalue weighted by Crippen LogP contribution is 2.23. The lowest BCUT2D eigenvalue weighted by atomic mass is 9.96. The van der Waals surface area contributed by atoms with Crippen molar-refractivity contribution in [2.45, 2.75) is 77.1 Å². The van der Waals surface area contributed by atoms with Crippen molar-refractivity contribution in [1.29, 1.82) is 0 Å². The Kier molecular flexibility index (Phi) is 8.29. The number of aliphatic hydroxyl groups excluding tert-OH is 1. The highest BCUT2D eigenvalue weighted by molar-refractivity contribution is 5.68. The van der Waals surface area contributed by atoms with Crippen molar-refractivity contribution >= 4 is 6.09 Å². The average Bonchev–Trinajstić information content (AvgIpc) is 2.45. The molecule has 1 saturated heterocycles. The first-order valence-electron chi connectivity index (χ1n) is 8.62. The molecule has 0 spiro atoms. The molecule has 23 heavy (non-hydrogen) atoms. The van der Waals surface area contributed by atoms with Gasteiger partial charge in [0.05, 0.1) is 19.3 Å². The van der Waals surface area contributed by atoms with Crippen molar-refractivity contribution in [3.63, 3.8) is 0 Å². The maximum atomic E-state index is 12.4. The SMILES string of the molecule is COCC(CO)NC(C)CC1CCCCN1C(=O)OC(C)(C)C. The van der Waals surface area contributed by atoms with Crippen molar-refractivity contribution in [2.24, 2.45) is 0 Å². The fourth-order valence-electron chi connectivity index (χ4n) is 3.04. The maximum absolute atomic E-state index is 12.4. The summed E-state index contributed by atoms with van der Waals surface area (Å²) in [5, 5.41) is 12.7. The van der Waals surface area contributed by atoms with Crippen LogP contribution in [0, 0.1) is 0 Å². The lowest BCUT2D eigenvalue weighted by Gasteiger charge is -2.38. The second kappa shape index (κ2) is 9.45. The lowest BCUT2D eigenvalue weighted by molar-refractivity contribution is 0.00739. The minimum atomic E-state index is -0.469. The van der Waals surface area contributed by atoms with Crippen LogP contribution in [0.25, 0.3) is 0 Å². The number of rotatable bonds is 7. The molecule has 1 aliphatic heterocycles. The molecule has 1 amide bonds. The largest absolute Gasteiger partial charge is 0.444 e. The smallest absolute Gasteiger partial charge is 0.410 e. The molecule has 0 aromatic heterocycles. The van der Waals surface area contributed by atoms with E-state index >= 15 is 0 Å². The molecule has 136 valence electrons. The fourth-order valence-corrected chi connectivity index (χ4v) is 3.04. The Morgan fingerprint density at radius 1 is 1.39 bits per heavy atom. The van der Waals surface area contributed by atoms with E-state index in [2.05, 4.69) is 12.2 Å². The number of hydrogen-bond donors (Lipinski definition) is 2. The number of piperidine rings is 1. The number of nitrogens with zero attached hydrogens (tertiary/aromatic N) is 1. The molecule has 6 heteroatoms. The molecule has 1 rings (SSSR count). The van der Waals surface area contributed by atoms with Gasteiger partial charge in [-0.2, -0.15) is 0 Å². The number of methoxy groups -OCH3 is 1. The molecule has 0 bridgehead atoms. The van der Waals surface area contributed by atoms with E-state index in [9.17, 15) is 9.90 Å². The number of hydrogen-bond acceptors (Lipinski definition) is 5. The van der Waals surface area contributed by atoms with Crippen molar-refractivity contribution in [2.75, 3.05) is 26.9 Å². The summed E-state index contributed by atoms with van der Waals surface area (Å²) in [4.78, 5) is 14.3. The van der Waals surface area contributed by atoms with E-state index in [0.717, 1.165) is 32.2 Å². The zero-order valence-corrected chi connectivity index (χ0v) is 15.3. The van der Waals surface area contributed by atoms with Gasteiger partial charge in [0.25, 0.3) is 0 Å². The first-order chi connectivity index (χ1) is 10.8. The third kappa shape index (κ3) is 7.50. The first kappa shape index (κ1) is 20.2. The van der Waals surface area contributed by atoms with Crippen LogP contribution >= 0.6 is 0 Å². The molecule has 0 radical (unpaired) electrons. The predicted molar refractivity (Wildman–Crippen MR) is 90.5 cm³/mol. The zero-order chi connectivity index (χ0) is 17.5. The van der Waals surface area contributed by atoms with Gasteiger partial charge in [-0.3, -0.25) is 0 Å².